The Bertz CT molecular complexity index is 393. The van der Waals surface area contributed by atoms with Gasteiger partial charge in [-0.05, 0) is 42.2 Å². The van der Waals surface area contributed by atoms with Gasteiger partial charge in [0.2, 0.25) is 0 Å². The van der Waals surface area contributed by atoms with Crippen molar-refractivity contribution < 1.29 is 13.6 Å². The van der Waals surface area contributed by atoms with Gasteiger partial charge in [-0.2, -0.15) is 0 Å². The van der Waals surface area contributed by atoms with E-state index in [1.54, 1.807) is 19.0 Å². The van der Waals surface area contributed by atoms with Crippen molar-refractivity contribution >= 4 is 21.7 Å². The van der Waals surface area contributed by atoms with Crippen LogP contribution in [0.5, 0.6) is 0 Å². The van der Waals surface area contributed by atoms with Crippen LogP contribution >= 0.6 is 15.9 Å². The summed E-state index contributed by atoms with van der Waals surface area (Å²) in [6.45, 7) is 0.0536. The topological polar surface area (TPSA) is 20.3 Å². The van der Waals surface area contributed by atoms with Gasteiger partial charge < -0.3 is 4.90 Å². The summed E-state index contributed by atoms with van der Waals surface area (Å²) >= 11 is 2.84. The minimum atomic E-state index is -1.10. The van der Waals surface area contributed by atoms with Crippen LogP contribution in [0.2, 0.25) is 0 Å². The maximum atomic E-state index is 13.3. The Morgan fingerprint density at radius 3 is 2.47 bits per heavy atom. The predicted molar refractivity (Wildman–Crippen MR) is 56.9 cm³/mol. The molecule has 0 bridgehead atoms. The first kappa shape index (κ1) is 12.3. The highest BCUT2D eigenvalue weighted by molar-refractivity contribution is 9.10. The lowest BCUT2D eigenvalue weighted by Crippen LogP contribution is -2.22. The maximum absolute atomic E-state index is 13.3. The van der Waals surface area contributed by atoms with Gasteiger partial charge in [-0.1, -0.05) is 0 Å². The Morgan fingerprint density at radius 2 is 1.93 bits per heavy atom. The second-order valence-corrected chi connectivity index (χ2v) is 4.24. The van der Waals surface area contributed by atoms with Crippen LogP contribution < -0.4 is 0 Å². The average molecular weight is 278 g/mol. The fraction of sp³-hybridized carbons (Fsp3) is 0.300. The molecule has 0 unspecified atom stereocenters. The fourth-order valence-corrected chi connectivity index (χ4v) is 1.42. The third-order valence-corrected chi connectivity index (χ3v) is 2.41. The molecule has 2 nitrogen and oxygen atoms in total. The molecule has 0 saturated heterocycles. The lowest BCUT2D eigenvalue weighted by atomic mass is 10.1. The van der Waals surface area contributed by atoms with Gasteiger partial charge in [0, 0.05) is 0 Å². The molecule has 1 aromatic rings. The van der Waals surface area contributed by atoms with Gasteiger partial charge in [0.05, 0.1) is 16.6 Å². The molecule has 0 radical (unpaired) electrons. The van der Waals surface area contributed by atoms with Crippen molar-refractivity contribution in [2.75, 3.05) is 20.6 Å². The van der Waals surface area contributed by atoms with E-state index >= 15 is 0 Å². The normalized spacial score (nSPS) is 10.8. The number of nitrogens with zero attached hydrogens (tertiary/aromatic N) is 1. The van der Waals surface area contributed by atoms with Crippen LogP contribution in [0.4, 0.5) is 8.78 Å². The number of benzene rings is 1. The van der Waals surface area contributed by atoms with Crippen molar-refractivity contribution in [2.24, 2.45) is 0 Å². The lowest BCUT2D eigenvalue weighted by molar-refractivity contribution is 0.0953. The molecule has 0 saturated carbocycles. The highest BCUT2D eigenvalue weighted by Gasteiger charge is 2.17. The van der Waals surface area contributed by atoms with Gasteiger partial charge in [0.1, 0.15) is 0 Å². The second kappa shape index (κ2) is 4.81. The van der Waals surface area contributed by atoms with Crippen LogP contribution in [-0.4, -0.2) is 31.3 Å². The number of carbonyl (C=O) groups excluding carboxylic acids is 1. The van der Waals surface area contributed by atoms with Gasteiger partial charge in [-0.25, -0.2) is 8.78 Å². The summed E-state index contributed by atoms with van der Waals surface area (Å²) in [6.07, 6.45) is 0. The number of likely N-dealkylation sites (N-methyl/N-ethyl adjacent to an activating group) is 1. The van der Waals surface area contributed by atoms with Crippen LogP contribution in [0.3, 0.4) is 0 Å². The maximum Gasteiger partial charge on any atom is 0.179 e. The summed E-state index contributed by atoms with van der Waals surface area (Å²) < 4.78 is 26.4. The van der Waals surface area contributed by atoms with Crippen molar-refractivity contribution in [1.29, 1.82) is 0 Å². The third-order valence-electron chi connectivity index (χ3n) is 1.80. The standard InChI is InChI=1S/C10H10BrF2NO/c1-14(2)5-8(15)6-3-4-7(11)10(13)9(6)12/h3-4H,5H2,1-2H3. The van der Waals surface area contributed by atoms with E-state index in [1.807, 2.05) is 0 Å². The quantitative estimate of drug-likeness (QED) is 0.625. The number of halogens is 3. The Labute approximate surface area is 95.0 Å². The van der Waals surface area contributed by atoms with Crippen molar-refractivity contribution in [1.82, 2.24) is 4.90 Å². The summed E-state index contributed by atoms with van der Waals surface area (Å²) in [6, 6.07) is 2.59. The van der Waals surface area contributed by atoms with E-state index in [1.165, 1.54) is 12.1 Å². The molecule has 0 aliphatic heterocycles. The van der Waals surface area contributed by atoms with E-state index in [-0.39, 0.29) is 16.6 Å². The molecule has 0 aliphatic carbocycles. The third kappa shape index (κ3) is 2.82. The number of hydrogen-bond donors (Lipinski definition) is 0. The largest absolute Gasteiger partial charge is 0.302 e. The van der Waals surface area contributed by atoms with E-state index in [0.717, 1.165) is 0 Å². The van der Waals surface area contributed by atoms with E-state index in [2.05, 4.69) is 15.9 Å². The van der Waals surface area contributed by atoms with Crippen molar-refractivity contribution in [2.45, 2.75) is 0 Å². The van der Waals surface area contributed by atoms with Gasteiger partial charge >= 0.3 is 0 Å². The molecular weight excluding hydrogens is 268 g/mol. The molecule has 5 heteroatoms. The number of hydrogen-bond acceptors (Lipinski definition) is 2. The Balaban J connectivity index is 3.06. The summed E-state index contributed by atoms with van der Waals surface area (Å²) in [4.78, 5) is 13.1. The summed E-state index contributed by atoms with van der Waals surface area (Å²) in [5.74, 6) is -2.57. The number of rotatable bonds is 3. The minimum absolute atomic E-state index is 0.0152. The molecule has 82 valence electrons. The molecule has 1 rings (SSSR count). The summed E-state index contributed by atoms with van der Waals surface area (Å²) in [5.41, 5.74) is -0.218. The smallest absolute Gasteiger partial charge is 0.179 e. The Kier molecular flexibility index (Phi) is 3.93. The molecule has 0 amide bonds. The average Bonchev–Trinajstić information content (AvgIpc) is 2.13. The zero-order valence-corrected chi connectivity index (χ0v) is 9.94. The molecule has 0 aliphatic rings. The lowest BCUT2D eigenvalue weighted by Gasteiger charge is -2.09. The van der Waals surface area contributed by atoms with Crippen molar-refractivity contribution in [3.05, 3.63) is 33.8 Å². The van der Waals surface area contributed by atoms with E-state index < -0.39 is 17.4 Å². The summed E-state index contributed by atoms with van der Waals surface area (Å²) in [5, 5.41) is 0. The molecule has 0 fully saturated rings. The Hall–Kier alpha value is -0.810. The first-order valence-electron chi connectivity index (χ1n) is 4.25. The van der Waals surface area contributed by atoms with E-state index in [4.69, 9.17) is 0 Å². The summed E-state index contributed by atoms with van der Waals surface area (Å²) in [7, 11) is 3.37. The molecule has 0 spiro atoms. The van der Waals surface area contributed by atoms with Crippen LogP contribution in [0.25, 0.3) is 0 Å². The highest BCUT2D eigenvalue weighted by atomic mass is 79.9. The van der Waals surface area contributed by atoms with E-state index in [0.29, 0.717) is 0 Å². The number of Topliss-reactive ketones (excluding diaryl/α,β-unsaturated/α-hetero) is 1. The second-order valence-electron chi connectivity index (χ2n) is 3.38. The molecular formula is C10H10BrF2NO. The first-order chi connectivity index (χ1) is 6.93. The first-order valence-corrected chi connectivity index (χ1v) is 5.04. The zero-order valence-electron chi connectivity index (χ0n) is 8.35. The number of carbonyl (C=O) groups is 1. The highest BCUT2D eigenvalue weighted by Crippen LogP contribution is 2.21. The van der Waals surface area contributed by atoms with Gasteiger partial charge in [-0.15, -0.1) is 0 Å². The van der Waals surface area contributed by atoms with Gasteiger partial charge in [-0.3, -0.25) is 4.79 Å². The predicted octanol–water partition coefficient (Wildman–Crippen LogP) is 2.47. The molecule has 0 heterocycles. The molecule has 0 N–H and O–H groups in total. The van der Waals surface area contributed by atoms with Crippen LogP contribution in [-0.2, 0) is 0 Å². The zero-order chi connectivity index (χ0) is 11.6. The fourth-order valence-electron chi connectivity index (χ4n) is 1.11. The van der Waals surface area contributed by atoms with Crippen LogP contribution in [0.15, 0.2) is 16.6 Å². The molecule has 1 aromatic carbocycles. The SMILES string of the molecule is CN(C)CC(=O)c1ccc(Br)c(F)c1F. The monoisotopic (exact) mass is 277 g/mol. The minimum Gasteiger partial charge on any atom is -0.302 e. The van der Waals surface area contributed by atoms with Gasteiger partial charge in [0.15, 0.2) is 17.4 Å². The van der Waals surface area contributed by atoms with Gasteiger partial charge in [0.25, 0.3) is 0 Å². The Morgan fingerprint density at radius 1 is 1.33 bits per heavy atom. The molecule has 0 aromatic heterocycles. The van der Waals surface area contributed by atoms with E-state index in [9.17, 15) is 13.6 Å². The molecule has 15 heavy (non-hydrogen) atoms. The molecule has 0 atom stereocenters. The number of ketones is 1. The van der Waals surface area contributed by atoms with Crippen molar-refractivity contribution in [3.8, 4) is 0 Å². The van der Waals surface area contributed by atoms with Crippen LogP contribution in [0.1, 0.15) is 10.4 Å². The van der Waals surface area contributed by atoms with Crippen LogP contribution in [0, 0.1) is 11.6 Å². The van der Waals surface area contributed by atoms with Crippen molar-refractivity contribution in [3.63, 3.8) is 0 Å².